The largest absolute Gasteiger partial charge is 0.463 e. The number of rotatable bonds is 7. The lowest BCUT2D eigenvalue weighted by molar-refractivity contribution is -0.148. The van der Waals surface area contributed by atoms with Crippen LogP contribution in [0.3, 0.4) is 0 Å². The van der Waals surface area contributed by atoms with Gasteiger partial charge in [-0.25, -0.2) is 13.8 Å². The number of fused-ring (bicyclic) bond motifs is 1. The van der Waals surface area contributed by atoms with Crippen LogP contribution in [0.15, 0.2) is 40.9 Å². The molecule has 0 radical (unpaired) electrons. The summed E-state index contributed by atoms with van der Waals surface area (Å²) in [5, 5.41) is 4.07. The molecule has 0 bridgehead atoms. The number of aromatic nitrogens is 3. The lowest BCUT2D eigenvalue weighted by atomic mass is 9.92. The highest BCUT2D eigenvalue weighted by Crippen LogP contribution is 2.43. The number of esters is 2. The highest BCUT2D eigenvalue weighted by molar-refractivity contribution is 5.96. The van der Waals surface area contributed by atoms with Gasteiger partial charge in [0.15, 0.2) is 24.0 Å². The first-order valence-corrected chi connectivity index (χ1v) is 14.7. The van der Waals surface area contributed by atoms with Gasteiger partial charge in [-0.15, -0.1) is 0 Å². The standard InChI is InChI=1S/C32H32F2N4O6/c1-17-31(29(44-36-17)16-42-18(2)39)20-4-11-27-26(14-20)35-32(38(27)21-5-8-23(9-6-21)43-19(3)40)28-12-13-30(41)37(28)22-7-10-24(33)25(34)15-22/h4,7,10-11,14-15,21,23,28H,5-6,8-9,12-13,16H2,1-3H3. The van der Waals surface area contributed by atoms with E-state index in [1.807, 2.05) is 18.2 Å². The Labute approximate surface area is 251 Å². The lowest BCUT2D eigenvalue weighted by Gasteiger charge is -2.32. The molecule has 1 amide bonds. The predicted octanol–water partition coefficient (Wildman–Crippen LogP) is 6.26. The van der Waals surface area contributed by atoms with Crippen molar-refractivity contribution in [2.45, 2.75) is 84.1 Å². The molecule has 1 saturated heterocycles. The van der Waals surface area contributed by atoms with Gasteiger partial charge >= 0.3 is 11.9 Å². The van der Waals surface area contributed by atoms with Crippen LogP contribution in [0.4, 0.5) is 14.5 Å². The molecule has 0 spiro atoms. The van der Waals surface area contributed by atoms with Crippen molar-refractivity contribution in [2.75, 3.05) is 4.90 Å². The van der Waals surface area contributed by atoms with Gasteiger partial charge in [0, 0.05) is 38.1 Å². The highest BCUT2D eigenvalue weighted by Gasteiger charge is 2.39. The van der Waals surface area contributed by atoms with E-state index in [1.54, 1.807) is 6.92 Å². The monoisotopic (exact) mass is 606 g/mol. The maximum atomic E-state index is 14.3. The molecule has 230 valence electrons. The van der Waals surface area contributed by atoms with Crippen molar-refractivity contribution in [2.24, 2.45) is 0 Å². The predicted molar refractivity (Wildman–Crippen MR) is 154 cm³/mol. The van der Waals surface area contributed by atoms with E-state index in [1.165, 1.54) is 24.8 Å². The van der Waals surface area contributed by atoms with Crippen molar-refractivity contribution in [3.8, 4) is 11.1 Å². The molecule has 1 aliphatic carbocycles. The average molecular weight is 607 g/mol. The molecular formula is C32H32F2N4O6. The van der Waals surface area contributed by atoms with E-state index in [4.69, 9.17) is 19.0 Å². The molecule has 3 heterocycles. The maximum absolute atomic E-state index is 14.3. The summed E-state index contributed by atoms with van der Waals surface area (Å²) < 4.78 is 46.3. The van der Waals surface area contributed by atoms with Crippen LogP contribution < -0.4 is 4.90 Å². The van der Waals surface area contributed by atoms with Crippen LogP contribution in [-0.4, -0.2) is 38.7 Å². The molecule has 1 unspecified atom stereocenters. The minimum atomic E-state index is -1.03. The zero-order chi connectivity index (χ0) is 31.1. The molecule has 2 aromatic heterocycles. The van der Waals surface area contributed by atoms with E-state index >= 15 is 0 Å². The maximum Gasteiger partial charge on any atom is 0.303 e. The number of halogens is 2. The molecular weight excluding hydrogens is 574 g/mol. The average Bonchev–Trinajstić information content (AvgIpc) is 3.67. The first-order valence-electron chi connectivity index (χ1n) is 14.7. The third-order valence-corrected chi connectivity index (χ3v) is 8.38. The molecule has 4 aromatic rings. The van der Waals surface area contributed by atoms with E-state index in [2.05, 4.69) is 9.72 Å². The second-order valence-electron chi connectivity index (χ2n) is 11.3. The van der Waals surface area contributed by atoms with E-state index in [-0.39, 0.29) is 42.7 Å². The molecule has 1 atom stereocenters. The summed E-state index contributed by atoms with van der Waals surface area (Å²) in [7, 11) is 0. The van der Waals surface area contributed by atoms with E-state index in [9.17, 15) is 23.2 Å². The summed E-state index contributed by atoms with van der Waals surface area (Å²) in [6, 6.07) is 8.77. The fraction of sp³-hybridized carbons (Fsp3) is 0.406. The Morgan fingerprint density at radius 2 is 1.77 bits per heavy atom. The number of imidazole rings is 1. The Bertz CT molecular complexity index is 1760. The molecule has 6 rings (SSSR count). The number of hydrogen-bond donors (Lipinski definition) is 0. The van der Waals surface area contributed by atoms with Gasteiger partial charge in [0.25, 0.3) is 0 Å². The van der Waals surface area contributed by atoms with Gasteiger partial charge in [0.1, 0.15) is 11.9 Å². The Morgan fingerprint density at radius 1 is 1.00 bits per heavy atom. The molecule has 1 aliphatic heterocycles. The zero-order valence-corrected chi connectivity index (χ0v) is 24.6. The molecule has 2 fully saturated rings. The molecule has 1 saturated carbocycles. The number of amides is 1. The molecule has 2 aliphatic rings. The van der Waals surface area contributed by atoms with Gasteiger partial charge in [-0.2, -0.15) is 0 Å². The van der Waals surface area contributed by atoms with Crippen molar-refractivity contribution in [1.82, 2.24) is 14.7 Å². The van der Waals surface area contributed by atoms with Crippen LogP contribution in [0.5, 0.6) is 0 Å². The van der Waals surface area contributed by atoms with Crippen LogP contribution in [0.25, 0.3) is 22.2 Å². The number of hydrogen-bond acceptors (Lipinski definition) is 8. The van der Waals surface area contributed by atoms with E-state index in [0.717, 1.165) is 36.1 Å². The summed E-state index contributed by atoms with van der Waals surface area (Å²) in [5.74, 6) is -1.91. The Balaban J connectivity index is 1.44. The summed E-state index contributed by atoms with van der Waals surface area (Å²) >= 11 is 0. The Kier molecular flexibility index (Phi) is 7.91. The molecule has 12 heteroatoms. The molecule has 0 N–H and O–H groups in total. The van der Waals surface area contributed by atoms with E-state index in [0.29, 0.717) is 47.6 Å². The fourth-order valence-corrected chi connectivity index (χ4v) is 6.49. The lowest BCUT2D eigenvalue weighted by Crippen LogP contribution is -2.31. The quantitative estimate of drug-likeness (QED) is 0.227. The SMILES string of the molecule is CC(=O)OCc1onc(C)c1-c1ccc2c(c1)nc(C1CCC(=O)N1c1ccc(F)c(F)c1)n2C1CCC(OC(C)=O)CC1. The van der Waals surface area contributed by atoms with Crippen molar-refractivity contribution >= 4 is 34.6 Å². The van der Waals surface area contributed by atoms with Gasteiger partial charge in [-0.3, -0.25) is 14.4 Å². The van der Waals surface area contributed by atoms with Crippen LogP contribution in [-0.2, 0) is 30.5 Å². The normalized spacial score (nSPS) is 20.3. The first kappa shape index (κ1) is 29.5. The minimum Gasteiger partial charge on any atom is -0.463 e. The van der Waals surface area contributed by atoms with Gasteiger partial charge in [-0.1, -0.05) is 11.2 Å². The number of anilines is 1. The van der Waals surface area contributed by atoms with Crippen molar-refractivity contribution < 1.29 is 37.2 Å². The van der Waals surface area contributed by atoms with Crippen molar-refractivity contribution in [1.29, 1.82) is 0 Å². The number of aryl methyl sites for hydroxylation is 1. The Morgan fingerprint density at radius 3 is 2.48 bits per heavy atom. The Hall–Kier alpha value is -4.61. The van der Waals surface area contributed by atoms with Gasteiger partial charge in [0.05, 0.1) is 28.3 Å². The molecule has 44 heavy (non-hydrogen) atoms. The number of benzene rings is 2. The van der Waals surface area contributed by atoms with Crippen molar-refractivity contribution in [3.63, 3.8) is 0 Å². The summed E-state index contributed by atoms with van der Waals surface area (Å²) in [6.45, 7) is 4.46. The zero-order valence-electron chi connectivity index (χ0n) is 24.6. The third-order valence-electron chi connectivity index (χ3n) is 8.38. The topological polar surface area (TPSA) is 117 Å². The summed E-state index contributed by atoms with van der Waals surface area (Å²) in [6.07, 6.45) is 3.33. The second kappa shape index (κ2) is 11.8. The number of ether oxygens (including phenoxy) is 2. The van der Waals surface area contributed by atoms with Crippen LogP contribution >= 0.6 is 0 Å². The third kappa shape index (κ3) is 5.56. The first-order chi connectivity index (χ1) is 21.1. The van der Waals surface area contributed by atoms with Gasteiger partial charge < -0.3 is 23.5 Å². The van der Waals surface area contributed by atoms with Crippen LogP contribution in [0.1, 0.15) is 81.7 Å². The van der Waals surface area contributed by atoms with E-state index < -0.39 is 23.6 Å². The van der Waals surface area contributed by atoms with Gasteiger partial charge in [0.2, 0.25) is 5.91 Å². The van der Waals surface area contributed by atoms with Crippen LogP contribution in [0, 0.1) is 18.6 Å². The second-order valence-corrected chi connectivity index (χ2v) is 11.3. The van der Waals surface area contributed by atoms with Crippen molar-refractivity contribution in [3.05, 3.63) is 65.3 Å². The smallest absolute Gasteiger partial charge is 0.303 e. The number of carbonyl (C=O) groups excluding carboxylic acids is 3. The summed E-state index contributed by atoms with van der Waals surface area (Å²) in [4.78, 5) is 42.7. The highest BCUT2D eigenvalue weighted by atomic mass is 19.2. The number of carbonyl (C=O) groups is 3. The molecule has 10 nitrogen and oxygen atoms in total. The minimum absolute atomic E-state index is 0.00650. The fourth-order valence-electron chi connectivity index (χ4n) is 6.49. The molecule has 2 aromatic carbocycles. The van der Waals surface area contributed by atoms with Crippen LogP contribution in [0.2, 0.25) is 0 Å². The number of nitrogens with zero attached hydrogens (tertiary/aromatic N) is 4. The summed E-state index contributed by atoms with van der Waals surface area (Å²) in [5.41, 5.74) is 3.88. The van der Waals surface area contributed by atoms with Gasteiger partial charge in [-0.05, 0) is 68.9 Å².